The first kappa shape index (κ1) is 15.6. The zero-order valence-corrected chi connectivity index (χ0v) is 11.7. The highest BCUT2D eigenvalue weighted by molar-refractivity contribution is 5.76. The molecule has 1 aromatic rings. The number of ether oxygens (including phenoxy) is 1. The number of alkyl halides is 2. The van der Waals surface area contributed by atoms with Crippen LogP contribution in [0.1, 0.15) is 30.9 Å². The Hall–Kier alpha value is -1.83. The number of methoxy groups -OCH3 is 1. The Balaban J connectivity index is 1.92. The predicted molar refractivity (Wildman–Crippen MR) is 71.5 cm³/mol. The maximum Gasteiger partial charge on any atom is 0.248 e. The number of hydrogen-bond donors (Lipinski definition) is 2. The summed E-state index contributed by atoms with van der Waals surface area (Å²) in [5.74, 6) is -2.92. The topological polar surface area (TPSA) is 90.1 Å². The Morgan fingerprint density at radius 1 is 1.62 bits per heavy atom. The van der Waals surface area contributed by atoms with E-state index in [4.69, 9.17) is 10.5 Å². The molecule has 116 valence electrons. The zero-order chi connectivity index (χ0) is 15.5. The van der Waals surface area contributed by atoms with Crippen LogP contribution >= 0.6 is 0 Å². The summed E-state index contributed by atoms with van der Waals surface area (Å²) in [6, 6.07) is 1.16. The van der Waals surface area contributed by atoms with Crippen LogP contribution in [0.2, 0.25) is 0 Å². The molecule has 1 heterocycles. The fraction of sp³-hybridized carbons (Fsp3) is 0.615. The second-order valence-corrected chi connectivity index (χ2v) is 5.32. The van der Waals surface area contributed by atoms with E-state index in [-0.39, 0.29) is 43.5 Å². The van der Waals surface area contributed by atoms with Gasteiger partial charge in [-0.3, -0.25) is 4.79 Å². The molecule has 1 saturated carbocycles. The van der Waals surface area contributed by atoms with Crippen molar-refractivity contribution in [1.29, 1.82) is 0 Å². The van der Waals surface area contributed by atoms with Crippen LogP contribution in [0.25, 0.3) is 0 Å². The van der Waals surface area contributed by atoms with Crippen molar-refractivity contribution in [2.24, 2.45) is 5.92 Å². The van der Waals surface area contributed by atoms with Crippen molar-refractivity contribution in [2.45, 2.75) is 31.2 Å². The van der Waals surface area contributed by atoms with Gasteiger partial charge in [-0.25, -0.2) is 8.78 Å². The highest BCUT2D eigenvalue weighted by Crippen LogP contribution is 2.43. The molecular weight excluding hydrogens is 282 g/mol. The standard InChI is InChI=1S/C13H18F2N4O2/c1-21-7-10(9-3-11(16)19-17-6-9)18-12(20)2-8-4-13(14,15)5-8/h3,6,8,10H,2,4-5,7H2,1H3,(H2,16,19)(H,18,20). The summed E-state index contributed by atoms with van der Waals surface area (Å²) in [5, 5.41) is 10.1. The maximum absolute atomic E-state index is 12.8. The van der Waals surface area contributed by atoms with E-state index < -0.39 is 12.0 Å². The van der Waals surface area contributed by atoms with Crippen LogP contribution in [0.5, 0.6) is 0 Å². The Bertz CT molecular complexity index is 505. The summed E-state index contributed by atoms with van der Waals surface area (Å²) in [6.45, 7) is 0.234. The van der Waals surface area contributed by atoms with Gasteiger partial charge in [0.1, 0.15) is 5.82 Å². The summed E-state index contributed by atoms with van der Waals surface area (Å²) in [7, 11) is 1.50. The first-order valence-electron chi connectivity index (χ1n) is 6.64. The molecule has 6 nitrogen and oxygen atoms in total. The molecule has 1 aromatic heterocycles. The fourth-order valence-electron chi connectivity index (χ4n) is 2.42. The van der Waals surface area contributed by atoms with Crippen molar-refractivity contribution in [3.63, 3.8) is 0 Å². The number of halogens is 2. The molecule has 0 bridgehead atoms. The number of rotatable bonds is 6. The molecule has 1 aliphatic rings. The molecule has 1 atom stereocenters. The van der Waals surface area contributed by atoms with Gasteiger partial charge in [-0.1, -0.05) is 0 Å². The highest BCUT2D eigenvalue weighted by Gasteiger charge is 2.45. The monoisotopic (exact) mass is 300 g/mol. The molecule has 1 fully saturated rings. The van der Waals surface area contributed by atoms with Gasteiger partial charge in [0.15, 0.2) is 0 Å². The van der Waals surface area contributed by atoms with E-state index >= 15 is 0 Å². The second-order valence-electron chi connectivity index (χ2n) is 5.32. The Morgan fingerprint density at radius 2 is 2.33 bits per heavy atom. The lowest BCUT2D eigenvalue weighted by Crippen LogP contribution is -2.40. The van der Waals surface area contributed by atoms with Crippen LogP contribution < -0.4 is 11.1 Å². The van der Waals surface area contributed by atoms with Crippen molar-refractivity contribution in [2.75, 3.05) is 19.5 Å². The van der Waals surface area contributed by atoms with Gasteiger partial charge in [-0.15, -0.1) is 5.10 Å². The van der Waals surface area contributed by atoms with E-state index in [0.717, 1.165) is 0 Å². The van der Waals surface area contributed by atoms with Crippen LogP contribution in [0, 0.1) is 5.92 Å². The number of anilines is 1. The molecule has 0 aliphatic heterocycles. The van der Waals surface area contributed by atoms with E-state index in [0.29, 0.717) is 5.56 Å². The van der Waals surface area contributed by atoms with Crippen molar-refractivity contribution >= 4 is 11.7 Å². The van der Waals surface area contributed by atoms with Crippen LogP contribution in [0.3, 0.4) is 0 Å². The molecule has 2 rings (SSSR count). The molecule has 1 aliphatic carbocycles. The van der Waals surface area contributed by atoms with Gasteiger partial charge < -0.3 is 15.8 Å². The van der Waals surface area contributed by atoms with Gasteiger partial charge in [0.25, 0.3) is 0 Å². The minimum absolute atomic E-state index is 0.0871. The minimum atomic E-state index is -2.61. The molecule has 3 N–H and O–H groups in total. The fourth-order valence-corrected chi connectivity index (χ4v) is 2.42. The third-order valence-electron chi connectivity index (χ3n) is 3.41. The predicted octanol–water partition coefficient (Wildman–Crippen LogP) is 1.30. The molecular formula is C13H18F2N4O2. The van der Waals surface area contributed by atoms with Gasteiger partial charge >= 0.3 is 0 Å². The molecule has 1 amide bonds. The SMILES string of the molecule is COCC(NC(=O)CC1CC(F)(F)C1)c1cnnc(N)c1. The van der Waals surface area contributed by atoms with Crippen LogP contribution in [0.15, 0.2) is 12.3 Å². The van der Waals surface area contributed by atoms with E-state index in [2.05, 4.69) is 15.5 Å². The summed E-state index contributed by atoms with van der Waals surface area (Å²) >= 11 is 0. The Kier molecular flexibility index (Phi) is 4.66. The number of carbonyl (C=O) groups is 1. The number of nitrogen functional groups attached to an aromatic ring is 1. The first-order valence-corrected chi connectivity index (χ1v) is 6.64. The third-order valence-corrected chi connectivity index (χ3v) is 3.41. The van der Waals surface area contributed by atoms with E-state index in [1.165, 1.54) is 13.3 Å². The zero-order valence-electron chi connectivity index (χ0n) is 11.7. The van der Waals surface area contributed by atoms with Crippen LogP contribution in [0.4, 0.5) is 14.6 Å². The molecule has 0 aromatic carbocycles. The van der Waals surface area contributed by atoms with Gasteiger partial charge in [0.05, 0.1) is 18.8 Å². The van der Waals surface area contributed by atoms with Gasteiger partial charge in [-0.05, 0) is 12.0 Å². The lowest BCUT2D eigenvalue weighted by molar-refractivity contribution is -0.134. The number of nitrogens with zero attached hydrogens (tertiary/aromatic N) is 2. The van der Waals surface area contributed by atoms with Crippen LogP contribution in [-0.4, -0.2) is 35.7 Å². The molecule has 21 heavy (non-hydrogen) atoms. The number of nitrogens with one attached hydrogen (secondary N) is 1. The average molecular weight is 300 g/mol. The minimum Gasteiger partial charge on any atom is -0.382 e. The number of aromatic nitrogens is 2. The van der Waals surface area contributed by atoms with Crippen molar-refractivity contribution in [3.8, 4) is 0 Å². The molecule has 1 unspecified atom stereocenters. The summed E-state index contributed by atoms with van der Waals surface area (Å²) in [6.07, 6.45) is 1.12. The number of hydrogen-bond acceptors (Lipinski definition) is 5. The lowest BCUT2D eigenvalue weighted by Gasteiger charge is -2.34. The molecule has 0 spiro atoms. The average Bonchev–Trinajstić information content (AvgIpc) is 2.36. The Morgan fingerprint density at radius 3 is 2.90 bits per heavy atom. The number of amides is 1. The maximum atomic E-state index is 12.8. The smallest absolute Gasteiger partial charge is 0.248 e. The molecule has 8 heteroatoms. The molecule has 0 saturated heterocycles. The number of nitrogens with two attached hydrogens (primary N) is 1. The van der Waals surface area contributed by atoms with Crippen molar-refractivity contribution < 1.29 is 18.3 Å². The van der Waals surface area contributed by atoms with Gasteiger partial charge in [0.2, 0.25) is 11.8 Å². The normalized spacial score (nSPS) is 18.8. The quantitative estimate of drug-likeness (QED) is 0.826. The summed E-state index contributed by atoms with van der Waals surface area (Å²) in [5.41, 5.74) is 6.22. The van der Waals surface area contributed by atoms with Crippen LogP contribution in [-0.2, 0) is 9.53 Å². The Labute approximate surface area is 121 Å². The van der Waals surface area contributed by atoms with Gasteiger partial charge in [0, 0.05) is 31.9 Å². The summed E-state index contributed by atoms with van der Waals surface area (Å²) in [4.78, 5) is 11.9. The van der Waals surface area contributed by atoms with Crippen molar-refractivity contribution in [1.82, 2.24) is 15.5 Å². The van der Waals surface area contributed by atoms with Gasteiger partial charge in [-0.2, -0.15) is 5.10 Å². The van der Waals surface area contributed by atoms with E-state index in [9.17, 15) is 13.6 Å². The van der Waals surface area contributed by atoms with Crippen molar-refractivity contribution in [3.05, 3.63) is 17.8 Å². The second kappa shape index (κ2) is 6.30. The number of carbonyl (C=O) groups excluding carboxylic acids is 1. The third kappa shape index (κ3) is 4.32. The van der Waals surface area contributed by atoms with E-state index in [1.807, 2.05) is 0 Å². The highest BCUT2D eigenvalue weighted by atomic mass is 19.3. The lowest BCUT2D eigenvalue weighted by atomic mass is 9.79. The largest absolute Gasteiger partial charge is 0.382 e. The first-order chi connectivity index (χ1) is 9.89. The van der Waals surface area contributed by atoms with E-state index in [1.54, 1.807) is 6.07 Å². The molecule has 0 radical (unpaired) electrons. The summed E-state index contributed by atoms with van der Waals surface area (Å²) < 4.78 is 30.6.